The Hall–Kier alpha value is -2.31. The summed E-state index contributed by atoms with van der Waals surface area (Å²) >= 11 is 0. The van der Waals surface area contributed by atoms with Crippen molar-refractivity contribution in [2.75, 3.05) is 46.2 Å². The number of amides is 1. The van der Waals surface area contributed by atoms with E-state index in [4.69, 9.17) is 10.7 Å². The normalized spacial score (nSPS) is 17.3. The van der Waals surface area contributed by atoms with Gasteiger partial charge in [0.2, 0.25) is 5.91 Å². The number of hydrogen-bond acceptors (Lipinski definition) is 4. The highest BCUT2D eigenvalue weighted by molar-refractivity contribution is 5.79. The van der Waals surface area contributed by atoms with E-state index in [1.165, 1.54) is 0 Å². The first kappa shape index (κ1) is 18.0. The van der Waals surface area contributed by atoms with Crippen LogP contribution in [0.2, 0.25) is 0 Å². The average Bonchev–Trinajstić information content (AvgIpc) is 2.55. The number of pyridine rings is 1. The minimum absolute atomic E-state index is 0.101. The van der Waals surface area contributed by atoms with Gasteiger partial charge in [-0.1, -0.05) is 6.07 Å². The van der Waals surface area contributed by atoms with Gasteiger partial charge in [-0.2, -0.15) is 0 Å². The van der Waals surface area contributed by atoms with Crippen LogP contribution in [0.25, 0.3) is 0 Å². The number of aliphatic imine (C=N–C) groups is 1. The van der Waals surface area contributed by atoms with Crippen LogP contribution in [0.3, 0.4) is 0 Å². The molecule has 0 aromatic carbocycles. The maximum atomic E-state index is 11.5. The number of carbonyl (C=O) groups excluding carboxylic acids is 1. The molecule has 1 aliphatic rings. The molecule has 1 unspecified atom stereocenters. The summed E-state index contributed by atoms with van der Waals surface area (Å²) in [6.07, 6.45) is 3.60. The smallest absolute Gasteiger partial charge is 0.222 e. The van der Waals surface area contributed by atoms with Crippen molar-refractivity contribution in [1.29, 1.82) is 0 Å². The molecule has 7 nitrogen and oxygen atoms in total. The van der Waals surface area contributed by atoms with Gasteiger partial charge in [0.15, 0.2) is 5.96 Å². The van der Waals surface area contributed by atoms with Gasteiger partial charge < -0.3 is 20.4 Å². The number of nitrogens with two attached hydrogens (primary N) is 1. The molecular formula is C17H28N6O. The minimum Gasteiger partial charge on any atom is -0.369 e. The molecule has 24 heavy (non-hydrogen) atoms. The van der Waals surface area contributed by atoms with Gasteiger partial charge in [-0.15, -0.1) is 0 Å². The van der Waals surface area contributed by atoms with E-state index < -0.39 is 0 Å². The van der Waals surface area contributed by atoms with E-state index in [9.17, 15) is 4.79 Å². The van der Waals surface area contributed by atoms with Crippen LogP contribution in [-0.2, 0) is 11.3 Å². The topological polar surface area (TPSA) is 78.1 Å². The van der Waals surface area contributed by atoms with Crippen molar-refractivity contribution in [3.05, 3.63) is 23.9 Å². The molecule has 1 saturated heterocycles. The molecule has 1 aromatic rings. The zero-order valence-electron chi connectivity index (χ0n) is 15.1. The highest BCUT2D eigenvalue weighted by Crippen LogP contribution is 2.25. The fourth-order valence-electron chi connectivity index (χ4n) is 3.08. The number of guanidine groups is 1. The quantitative estimate of drug-likeness (QED) is 0.651. The first-order valence-corrected chi connectivity index (χ1v) is 8.27. The summed E-state index contributed by atoms with van der Waals surface area (Å²) in [5.41, 5.74) is 6.55. The number of nitrogens with zero attached hydrogens (tertiary/aromatic N) is 5. The molecule has 1 amide bonds. The first-order chi connectivity index (χ1) is 11.4. The predicted molar refractivity (Wildman–Crippen MR) is 96.9 cm³/mol. The zero-order chi connectivity index (χ0) is 17.7. The predicted octanol–water partition coefficient (Wildman–Crippen LogP) is 0.763. The van der Waals surface area contributed by atoms with E-state index in [2.05, 4.69) is 9.88 Å². The van der Waals surface area contributed by atoms with E-state index in [1.807, 2.05) is 50.1 Å². The van der Waals surface area contributed by atoms with Crippen LogP contribution in [-0.4, -0.2) is 67.9 Å². The molecule has 7 heteroatoms. The molecule has 0 bridgehead atoms. The molecule has 2 rings (SSSR count). The van der Waals surface area contributed by atoms with Gasteiger partial charge in [0.25, 0.3) is 0 Å². The second-order valence-corrected chi connectivity index (χ2v) is 6.58. The molecule has 0 aliphatic carbocycles. The highest BCUT2D eigenvalue weighted by atomic mass is 16.1. The van der Waals surface area contributed by atoms with E-state index in [1.54, 1.807) is 6.20 Å². The standard InChI is InChI=1S/C17H28N6O/c1-21(2)17(22(3)4)20-11-13-7-5-9-19-16(13)23-10-6-8-14(12-23)15(18)24/h5,7,9,14H,6,8,10-12H2,1-4H3,(H2,18,24). The summed E-state index contributed by atoms with van der Waals surface area (Å²) in [5, 5.41) is 0. The molecular weight excluding hydrogens is 304 g/mol. The van der Waals surface area contributed by atoms with Gasteiger partial charge in [0, 0.05) is 53.0 Å². The number of rotatable bonds is 4. The molecule has 0 saturated carbocycles. The van der Waals surface area contributed by atoms with Crippen LogP contribution in [0.4, 0.5) is 5.82 Å². The van der Waals surface area contributed by atoms with Gasteiger partial charge in [-0.25, -0.2) is 9.98 Å². The molecule has 1 atom stereocenters. The lowest BCUT2D eigenvalue weighted by Gasteiger charge is -2.33. The first-order valence-electron chi connectivity index (χ1n) is 8.27. The van der Waals surface area contributed by atoms with Crippen molar-refractivity contribution in [1.82, 2.24) is 14.8 Å². The Morgan fingerprint density at radius 2 is 2.08 bits per heavy atom. The van der Waals surface area contributed by atoms with E-state index >= 15 is 0 Å². The van der Waals surface area contributed by atoms with Crippen molar-refractivity contribution in [3.8, 4) is 0 Å². The molecule has 132 valence electrons. The Labute approximate surface area is 144 Å². The maximum absolute atomic E-state index is 11.5. The van der Waals surface area contributed by atoms with Crippen molar-refractivity contribution < 1.29 is 4.79 Å². The third-order valence-corrected chi connectivity index (χ3v) is 4.18. The van der Waals surface area contributed by atoms with Gasteiger partial charge >= 0.3 is 0 Å². The Morgan fingerprint density at radius 1 is 1.38 bits per heavy atom. The van der Waals surface area contributed by atoms with Crippen molar-refractivity contribution >= 4 is 17.7 Å². The largest absolute Gasteiger partial charge is 0.369 e. The molecule has 0 radical (unpaired) electrons. The molecule has 2 N–H and O–H groups in total. The summed E-state index contributed by atoms with van der Waals surface area (Å²) in [6.45, 7) is 2.08. The van der Waals surface area contributed by atoms with Crippen LogP contribution < -0.4 is 10.6 Å². The Morgan fingerprint density at radius 3 is 2.71 bits per heavy atom. The van der Waals surface area contributed by atoms with Gasteiger partial charge in [-0.05, 0) is 18.9 Å². The number of anilines is 1. The fourth-order valence-corrected chi connectivity index (χ4v) is 3.08. The zero-order valence-corrected chi connectivity index (χ0v) is 15.1. The lowest BCUT2D eigenvalue weighted by Crippen LogP contribution is -2.42. The average molecular weight is 332 g/mol. The molecule has 2 heterocycles. The molecule has 1 fully saturated rings. The van der Waals surface area contributed by atoms with Crippen LogP contribution in [0.1, 0.15) is 18.4 Å². The van der Waals surface area contributed by atoms with Crippen molar-refractivity contribution in [2.24, 2.45) is 16.6 Å². The van der Waals surface area contributed by atoms with Gasteiger partial charge in [-0.3, -0.25) is 4.79 Å². The fraction of sp³-hybridized carbons (Fsp3) is 0.588. The Balaban J connectivity index is 2.21. The third kappa shape index (κ3) is 4.37. The number of carbonyl (C=O) groups is 1. The van der Waals surface area contributed by atoms with Crippen LogP contribution in [0, 0.1) is 5.92 Å². The van der Waals surface area contributed by atoms with Crippen molar-refractivity contribution in [3.63, 3.8) is 0 Å². The Kier molecular flexibility index (Phi) is 6.00. The third-order valence-electron chi connectivity index (χ3n) is 4.18. The lowest BCUT2D eigenvalue weighted by atomic mass is 9.97. The van der Waals surface area contributed by atoms with Gasteiger partial charge in [0.05, 0.1) is 12.5 Å². The Bertz CT molecular complexity index is 588. The monoisotopic (exact) mass is 332 g/mol. The second-order valence-electron chi connectivity index (χ2n) is 6.58. The molecule has 0 spiro atoms. The van der Waals surface area contributed by atoms with E-state index in [0.29, 0.717) is 13.1 Å². The number of aromatic nitrogens is 1. The number of hydrogen-bond donors (Lipinski definition) is 1. The van der Waals surface area contributed by atoms with Crippen LogP contribution >= 0.6 is 0 Å². The summed E-state index contributed by atoms with van der Waals surface area (Å²) in [4.78, 5) is 26.9. The summed E-state index contributed by atoms with van der Waals surface area (Å²) in [7, 11) is 7.91. The highest BCUT2D eigenvalue weighted by Gasteiger charge is 2.25. The number of primary amides is 1. The molecule has 1 aliphatic heterocycles. The van der Waals surface area contributed by atoms with Crippen molar-refractivity contribution in [2.45, 2.75) is 19.4 Å². The lowest BCUT2D eigenvalue weighted by molar-refractivity contribution is -0.122. The van der Waals surface area contributed by atoms with E-state index in [-0.39, 0.29) is 11.8 Å². The van der Waals surface area contributed by atoms with Crippen LogP contribution in [0.15, 0.2) is 23.3 Å². The maximum Gasteiger partial charge on any atom is 0.222 e. The van der Waals surface area contributed by atoms with Crippen LogP contribution in [0.5, 0.6) is 0 Å². The van der Waals surface area contributed by atoms with E-state index in [0.717, 1.165) is 36.7 Å². The summed E-state index contributed by atoms with van der Waals surface area (Å²) < 4.78 is 0. The second kappa shape index (κ2) is 7.99. The van der Waals surface area contributed by atoms with Gasteiger partial charge in [0.1, 0.15) is 5.82 Å². The molecule has 1 aromatic heterocycles. The summed E-state index contributed by atoms with van der Waals surface area (Å²) in [5.74, 6) is 1.48. The SMILES string of the molecule is CN(C)C(=NCc1cccnc1N1CCCC(C(N)=O)C1)N(C)C. The minimum atomic E-state index is -0.224. The summed E-state index contributed by atoms with van der Waals surface area (Å²) in [6, 6.07) is 3.97. The number of piperidine rings is 1.